The van der Waals surface area contributed by atoms with Gasteiger partial charge in [-0.3, -0.25) is 9.59 Å². The minimum absolute atomic E-state index is 0.124. The maximum atomic E-state index is 12.7. The Labute approximate surface area is 174 Å². The van der Waals surface area contributed by atoms with E-state index in [0.29, 0.717) is 31.2 Å². The smallest absolute Gasteiger partial charge is 0.309 e. The molecule has 2 unspecified atom stereocenters. The van der Waals surface area contributed by atoms with E-state index in [4.69, 9.17) is 9.47 Å². The lowest BCUT2D eigenvalue weighted by Gasteiger charge is -2.40. The summed E-state index contributed by atoms with van der Waals surface area (Å²) in [6.45, 7) is 6.79. The predicted octanol–water partition coefficient (Wildman–Crippen LogP) is 3.94. The summed E-state index contributed by atoms with van der Waals surface area (Å²) in [4.78, 5) is 26.0. The Bertz CT molecular complexity index is 761. The third-order valence-corrected chi connectivity index (χ3v) is 6.06. The second-order valence-electron chi connectivity index (χ2n) is 7.99. The van der Waals surface area contributed by atoms with Crippen LogP contribution >= 0.6 is 0 Å². The van der Waals surface area contributed by atoms with Crippen molar-refractivity contribution in [1.82, 2.24) is 4.90 Å². The third-order valence-electron chi connectivity index (χ3n) is 6.06. The molecule has 0 radical (unpaired) electrons. The van der Waals surface area contributed by atoms with Gasteiger partial charge in [0, 0.05) is 32.9 Å². The Hall–Kier alpha value is -2.32. The molecule has 5 nitrogen and oxygen atoms in total. The maximum absolute atomic E-state index is 12.7. The molecule has 1 fully saturated rings. The number of hydrogen-bond donors (Lipinski definition) is 0. The van der Waals surface area contributed by atoms with E-state index in [1.54, 1.807) is 7.11 Å². The van der Waals surface area contributed by atoms with Gasteiger partial charge in [0.2, 0.25) is 5.91 Å². The standard InChI is InChI=1S/C24H33NO4/c1-6-7-8-18(2)19(3)16-24(29-5)14-13-22(26)25(24)17-21-11-9-20(10-12-21)15-23(27)28-4/h9-12,18-19H,8,13-17H2,1-5H3/t18?,19?,24-/m1/s1. The molecule has 1 aromatic carbocycles. The van der Waals surface area contributed by atoms with Crippen LogP contribution in [-0.2, 0) is 32.0 Å². The Balaban J connectivity index is 2.12. The number of rotatable bonds is 9. The monoisotopic (exact) mass is 399 g/mol. The molecular weight excluding hydrogens is 366 g/mol. The number of likely N-dealkylation sites (tertiary alicyclic amines) is 1. The average molecular weight is 400 g/mol. The van der Waals surface area contributed by atoms with E-state index in [2.05, 4.69) is 25.7 Å². The van der Waals surface area contributed by atoms with Gasteiger partial charge in [-0.2, -0.15) is 0 Å². The Morgan fingerprint density at radius 1 is 1.17 bits per heavy atom. The molecule has 2 rings (SSSR count). The van der Waals surface area contributed by atoms with Gasteiger partial charge in [0.05, 0.1) is 13.5 Å². The number of carbonyl (C=O) groups excluding carboxylic acids is 2. The molecule has 1 aliphatic rings. The van der Waals surface area contributed by atoms with Crippen LogP contribution in [0.4, 0.5) is 0 Å². The second kappa shape index (κ2) is 10.5. The number of carbonyl (C=O) groups is 2. The number of benzene rings is 1. The number of hydrogen-bond acceptors (Lipinski definition) is 4. The summed E-state index contributed by atoms with van der Waals surface area (Å²) in [6.07, 6.45) is 3.11. The van der Waals surface area contributed by atoms with Gasteiger partial charge in [-0.05, 0) is 36.3 Å². The van der Waals surface area contributed by atoms with Crippen LogP contribution in [0.5, 0.6) is 0 Å². The Morgan fingerprint density at radius 3 is 2.41 bits per heavy atom. The third kappa shape index (κ3) is 5.83. The highest BCUT2D eigenvalue weighted by atomic mass is 16.5. The van der Waals surface area contributed by atoms with Crippen molar-refractivity contribution in [3.8, 4) is 11.8 Å². The van der Waals surface area contributed by atoms with E-state index in [-0.39, 0.29) is 18.3 Å². The molecule has 1 aliphatic heterocycles. The first-order valence-corrected chi connectivity index (χ1v) is 10.2. The second-order valence-corrected chi connectivity index (χ2v) is 7.99. The van der Waals surface area contributed by atoms with Crippen molar-refractivity contribution in [3.63, 3.8) is 0 Å². The van der Waals surface area contributed by atoms with E-state index >= 15 is 0 Å². The Morgan fingerprint density at radius 2 is 1.83 bits per heavy atom. The molecule has 0 spiro atoms. The molecule has 0 bridgehead atoms. The van der Waals surface area contributed by atoms with E-state index in [9.17, 15) is 9.59 Å². The van der Waals surface area contributed by atoms with E-state index < -0.39 is 5.72 Å². The lowest BCUT2D eigenvalue weighted by Crippen LogP contribution is -2.48. The predicted molar refractivity (Wildman–Crippen MR) is 113 cm³/mol. The summed E-state index contributed by atoms with van der Waals surface area (Å²) in [5.41, 5.74) is 1.34. The number of amides is 1. The SMILES string of the molecule is CC#CCC(C)C(C)C[C@]1(OC)CCC(=O)N1Cc1ccc(CC(=O)OC)cc1. The minimum Gasteiger partial charge on any atom is -0.469 e. The molecule has 1 heterocycles. The van der Waals surface area contributed by atoms with Crippen LogP contribution in [0.2, 0.25) is 0 Å². The number of esters is 1. The molecule has 0 saturated carbocycles. The molecule has 5 heteroatoms. The van der Waals surface area contributed by atoms with Gasteiger partial charge in [-0.25, -0.2) is 0 Å². The number of nitrogens with zero attached hydrogens (tertiary/aromatic N) is 1. The zero-order valence-electron chi connectivity index (χ0n) is 18.3. The van der Waals surface area contributed by atoms with Crippen LogP contribution < -0.4 is 0 Å². The first-order chi connectivity index (χ1) is 13.8. The van der Waals surface area contributed by atoms with Crippen molar-refractivity contribution in [2.45, 2.75) is 65.1 Å². The molecule has 158 valence electrons. The van der Waals surface area contributed by atoms with Crippen molar-refractivity contribution in [2.75, 3.05) is 14.2 Å². The zero-order chi connectivity index (χ0) is 21.4. The summed E-state index contributed by atoms with van der Waals surface area (Å²) in [7, 11) is 3.09. The highest BCUT2D eigenvalue weighted by Gasteiger charge is 2.46. The quantitative estimate of drug-likeness (QED) is 0.466. The largest absolute Gasteiger partial charge is 0.469 e. The number of ether oxygens (including phenoxy) is 2. The van der Waals surface area contributed by atoms with E-state index in [1.165, 1.54) is 7.11 Å². The lowest BCUT2D eigenvalue weighted by atomic mass is 9.85. The van der Waals surface area contributed by atoms with Crippen LogP contribution in [0.3, 0.4) is 0 Å². The lowest BCUT2D eigenvalue weighted by molar-refractivity contribution is -0.160. The molecule has 1 aromatic rings. The highest BCUT2D eigenvalue weighted by molar-refractivity contribution is 5.79. The van der Waals surface area contributed by atoms with Crippen LogP contribution in [0.15, 0.2) is 24.3 Å². The van der Waals surface area contributed by atoms with Crippen LogP contribution in [-0.4, -0.2) is 36.7 Å². The normalized spacial score (nSPS) is 20.7. The van der Waals surface area contributed by atoms with Crippen molar-refractivity contribution >= 4 is 11.9 Å². The first-order valence-electron chi connectivity index (χ1n) is 10.2. The van der Waals surface area contributed by atoms with Crippen LogP contribution in [0.1, 0.15) is 57.6 Å². The van der Waals surface area contributed by atoms with Gasteiger partial charge >= 0.3 is 5.97 Å². The summed E-state index contributed by atoms with van der Waals surface area (Å²) in [6, 6.07) is 7.76. The molecule has 3 atom stereocenters. The summed E-state index contributed by atoms with van der Waals surface area (Å²) in [5, 5.41) is 0. The zero-order valence-corrected chi connectivity index (χ0v) is 18.3. The summed E-state index contributed by atoms with van der Waals surface area (Å²) >= 11 is 0. The number of methoxy groups -OCH3 is 2. The first kappa shape index (κ1) is 23.0. The van der Waals surface area contributed by atoms with Gasteiger partial charge in [0.1, 0.15) is 5.72 Å². The average Bonchev–Trinajstić information content (AvgIpc) is 3.03. The molecule has 29 heavy (non-hydrogen) atoms. The highest BCUT2D eigenvalue weighted by Crippen LogP contribution is 2.39. The van der Waals surface area contributed by atoms with Crippen LogP contribution in [0.25, 0.3) is 0 Å². The molecular formula is C24H33NO4. The van der Waals surface area contributed by atoms with Crippen molar-refractivity contribution in [1.29, 1.82) is 0 Å². The molecule has 1 saturated heterocycles. The van der Waals surface area contributed by atoms with E-state index in [1.807, 2.05) is 36.1 Å². The van der Waals surface area contributed by atoms with Crippen molar-refractivity contribution < 1.29 is 19.1 Å². The minimum atomic E-state index is -0.574. The van der Waals surface area contributed by atoms with Crippen molar-refractivity contribution in [2.24, 2.45) is 11.8 Å². The fourth-order valence-electron chi connectivity index (χ4n) is 3.89. The maximum Gasteiger partial charge on any atom is 0.309 e. The van der Waals surface area contributed by atoms with Gasteiger partial charge in [-0.1, -0.05) is 38.1 Å². The fraction of sp³-hybridized carbons (Fsp3) is 0.583. The van der Waals surface area contributed by atoms with E-state index in [0.717, 1.165) is 24.0 Å². The van der Waals surface area contributed by atoms with Gasteiger partial charge in [-0.15, -0.1) is 11.8 Å². The Kier molecular flexibility index (Phi) is 8.28. The molecule has 0 aromatic heterocycles. The molecule has 0 N–H and O–H groups in total. The summed E-state index contributed by atoms with van der Waals surface area (Å²) in [5.74, 6) is 6.80. The fourth-order valence-corrected chi connectivity index (χ4v) is 3.89. The topological polar surface area (TPSA) is 55.8 Å². The summed E-state index contributed by atoms with van der Waals surface area (Å²) < 4.78 is 10.7. The van der Waals surface area contributed by atoms with Gasteiger partial charge in [0.15, 0.2) is 0 Å². The molecule has 0 aliphatic carbocycles. The van der Waals surface area contributed by atoms with Gasteiger partial charge < -0.3 is 14.4 Å². The van der Waals surface area contributed by atoms with Gasteiger partial charge in [0.25, 0.3) is 0 Å². The molecule has 1 amide bonds. The van der Waals surface area contributed by atoms with Crippen LogP contribution in [0, 0.1) is 23.7 Å². The van der Waals surface area contributed by atoms with Crippen molar-refractivity contribution in [3.05, 3.63) is 35.4 Å².